The van der Waals surface area contributed by atoms with Gasteiger partial charge in [-0.25, -0.2) is 0 Å². The van der Waals surface area contributed by atoms with E-state index in [2.05, 4.69) is 115 Å². The van der Waals surface area contributed by atoms with Crippen LogP contribution in [0.15, 0.2) is 170 Å². The van der Waals surface area contributed by atoms with Crippen molar-refractivity contribution in [2.24, 2.45) is 0 Å². The molecule has 15 aromatic rings. The van der Waals surface area contributed by atoms with Crippen LogP contribution in [0.4, 0.5) is 0 Å². The third-order valence-corrected chi connectivity index (χ3v) is 13.6. The highest BCUT2D eigenvalue weighted by molar-refractivity contribution is 6.40. The standard InChI is InChI=1S/C56H34N4/c1-31-47-39-29-45-49(35-21-9-13-25-41(35)57(45)33-17-5-3-6-18-33)51-38-24-12-16-28-44(38)60(55(39)51)54(47)32(2)48-40-30-46-50(52-37-23-11-15-27-43(37)59(53(31)48)56(40)52)36-22-10-14-26-42(36)58(46)34-19-7-4-8-20-34/h3-30H,1-2H3/i1D3,2D3. The molecule has 0 saturated carbocycles. The van der Waals surface area contributed by atoms with Crippen LogP contribution in [-0.2, 0) is 0 Å². The number of fused-ring (bicyclic) bond motifs is 20. The van der Waals surface area contributed by atoms with E-state index in [1.54, 1.807) is 0 Å². The van der Waals surface area contributed by atoms with Crippen LogP contribution >= 0.6 is 0 Å². The lowest BCUT2D eigenvalue weighted by molar-refractivity contribution is 1.18. The van der Waals surface area contributed by atoms with Crippen molar-refractivity contribution in [2.45, 2.75) is 13.7 Å². The highest BCUT2D eigenvalue weighted by atomic mass is 15.0. The van der Waals surface area contributed by atoms with Gasteiger partial charge in [-0.2, -0.15) is 0 Å². The lowest BCUT2D eigenvalue weighted by Gasteiger charge is -2.11. The first-order valence-corrected chi connectivity index (χ1v) is 20.5. The third kappa shape index (κ3) is 3.43. The van der Waals surface area contributed by atoms with Crippen molar-refractivity contribution in [3.05, 3.63) is 181 Å². The zero-order chi connectivity index (χ0) is 44.1. The first kappa shape index (κ1) is 26.2. The van der Waals surface area contributed by atoms with Crippen LogP contribution in [0.5, 0.6) is 0 Å². The van der Waals surface area contributed by atoms with Crippen molar-refractivity contribution in [3.8, 4) is 11.4 Å². The Bertz CT molecular complexity index is 4290. The van der Waals surface area contributed by atoms with Crippen LogP contribution in [0.25, 0.3) is 131 Å². The van der Waals surface area contributed by atoms with E-state index in [1.807, 2.05) is 72.8 Å². The van der Waals surface area contributed by atoms with E-state index >= 15 is 0 Å². The van der Waals surface area contributed by atoms with Gasteiger partial charge < -0.3 is 17.9 Å². The minimum Gasteiger partial charge on any atom is -0.309 e. The van der Waals surface area contributed by atoms with E-state index in [9.17, 15) is 8.22 Å². The molecule has 4 nitrogen and oxygen atoms in total. The summed E-state index contributed by atoms with van der Waals surface area (Å²) in [6, 6.07) is 57.9. The third-order valence-electron chi connectivity index (χ3n) is 13.6. The number of benzene rings is 9. The number of hydrogen-bond acceptors (Lipinski definition) is 0. The first-order chi connectivity index (χ1) is 32.1. The summed E-state index contributed by atoms with van der Waals surface area (Å²) in [6.45, 7) is -5.36. The van der Waals surface area contributed by atoms with Crippen LogP contribution in [0.3, 0.4) is 0 Å². The van der Waals surface area contributed by atoms with Crippen LogP contribution in [0, 0.1) is 13.7 Å². The Kier molecular flexibility index (Phi) is 4.64. The van der Waals surface area contributed by atoms with E-state index < -0.39 is 13.7 Å². The summed E-state index contributed by atoms with van der Waals surface area (Å²) >= 11 is 0. The SMILES string of the molecule is [2H]C([2H])([2H])c1c2c3cc4c(c5ccccc5n4-c4ccccc4)c4c5ccccc5n(c2c(C([2H])([2H])[2H])c2c5cc6c(c7ccccc7n6-c6ccccc6)c6c7ccccc7n(c12)c56)c34. The van der Waals surface area contributed by atoms with Crippen LogP contribution in [0.2, 0.25) is 0 Å². The lowest BCUT2D eigenvalue weighted by atomic mass is 9.95. The number of nitrogens with zero attached hydrogens (tertiary/aromatic N) is 4. The van der Waals surface area contributed by atoms with Crippen molar-refractivity contribution < 1.29 is 8.22 Å². The van der Waals surface area contributed by atoms with E-state index in [-0.39, 0.29) is 11.1 Å². The lowest BCUT2D eigenvalue weighted by Crippen LogP contribution is -1.93. The molecule has 0 unspecified atom stereocenters. The van der Waals surface area contributed by atoms with Crippen molar-refractivity contribution in [1.29, 1.82) is 0 Å². The molecule has 0 aliphatic carbocycles. The number of aromatic nitrogens is 4. The van der Waals surface area contributed by atoms with Gasteiger partial charge in [0.2, 0.25) is 0 Å². The molecular weight excluding hydrogens is 729 g/mol. The predicted molar refractivity (Wildman–Crippen MR) is 254 cm³/mol. The predicted octanol–water partition coefficient (Wildman–Crippen LogP) is 14.8. The summed E-state index contributed by atoms with van der Waals surface area (Å²) < 4.78 is 66.7. The van der Waals surface area contributed by atoms with Gasteiger partial charge in [0.25, 0.3) is 0 Å². The van der Waals surface area contributed by atoms with Crippen molar-refractivity contribution in [3.63, 3.8) is 0 Å². The number of para-hydroxylation sites is 6. The maximum Gasteiger partial charge on any atom is 0.0628 e. The molecule has 9 aromatic carbocycles. The molecule has 6 aromatic heterocycles. The summed E-state index contributed by atoms with van der Waals surface area (Å²) in [4.78, 5) is 0. The van der Waals surface area contributed by atoms with Gasteiger partial charge in [-0.1, -0.05) is 109 Å². The fourth-order valence-electron chi connectivity index (χ4n) is 11.5. The molecule has 0 radical (unpaired) electrons. The maximum absolute atomic E-state index is 9.67. The topological polar surface area (TPSA) is 18.7 Å². The molecular formula is C56H34N4. The van der Waals surface area contributed by atoms with Crippen molar-refractivity contribution in [2.75, 3.05) is 0 Å². The fourth-order valence-corrected chi connectivity index (χ4v) is 11.5. The molecule has 4 heteroatoms. The molecule has 0 amide bonds. The van der Waals surface area contributed by atoms with E-state index in [0.29, 0.717) is 32.6 Å². The normalized spacial score (nSPS) is 14.7. The Morgan fingerprint density at radius 3 is 1.05 bits per heavy atom. The highest BCUT2D eigenvalue weighted by Gasteiger charge is 2.30. The Labute approximate surface area is 351 Å². The fraction of sp³-hybridized carbons (Fsp3) is 0.0357. The van der Waals surface area contributed by atoms with Gasteiger partial charge >= 0.3 is 0 Å². The molecule has 0 atom stereocenters. The average Bonchev–Trinajstić information content (AvgIpc) is 4.15. The molecule has 60 heavy (non-hydrogen) atoms. The van der Waals surface area contributed by atoms with Gasteiger partial charge in [0.05, 0.1) is 55.2 Å². The maximum atomic E-state index is 9.67. The summed E-state index contributed by atoms with van der Waals surface area (Å²) in [7, 11) is 0. The second kappa shape index (κ2) is 10.6. The van der Waals surface area contributed by atoms with Gasteiger partial charge in [-0.3, -0.25) is 0 Å². The summed E-state index contributed by atoms with van der Waals surface area (Å²) in [5.74, 6) is 0. The quantitative estimate of drug-likeness (QED) is 0.167. The Morgan fingerprint density at radius 1 is 0.300 bits per heavy atom. The van der Waals surface area contributed by atoms with Gasteiger partial charge in [0.15, 0.2) is 0 Å². The smallest absolute Gasteiger partial charge is 0.0628 e. The minimum atomic E-state index is -2.68. The Balaban J connectivity index is 1.29. The van der Waals surface area contributed by atoms with Gasteiger partial charge in [0, 0.05) is 84.2 Å². The van der Waals surface area contributed by atoms with Crippen LogP contribution in [0.1, 0.15) is 19.4 Å². The average molecular weight is 769 g/mol. The van der Waals surface area contributed by atoms with Gasteiger partial charge in [0.1, 0.15) is 0 Å². The number of hydrogen-bond donors (Lipinski definition) is 0. The minimum absolute atomic E-state index is 0.149. The van der Waals surface area contributed by atoms with Crippen molar-refractivity contribution in [1.82, 2.24) is 17.9 Å². The molecule has 0 aliphatic heterocycles. The van der Waals surface area contributed by atoms with E-state index in [0.717, 1.165) is 98.6 Å². The summed E-state index contributed by atoms with van der Waals surface area (Å²) in [6.07, 6.45) is 0. The second-order valence-electron chi connectivity index (χ2n) is 16.4. The van der Waals surface area contributed by atoms with Gasteiger partial charge in [-0.15, -0.1) is 0 Å². The Hall–Kier alpha value is -7.82. The van der Waals surface area contributed by atoms with Crippen LogP contribution in [-0.4, -0.2) is 17.9 Å². The highest BCUT2D eigenvalue weighted by Crippen LogP contribution is 2.53. The molecule has 0 saturated heterocycles. The molecule has 278 valence electrons. The van der Waals surface area contributed by atoms with E-state index in [4.69, 9.17) is 0 Å². The molecule has 0 aliphatic rings. The molecule has 0 spiro atoms. The zero-order valence-electron chi connectivity index (χ0n) is 38.0. The van der Waals surface area contributed by atoms with Gasteiger partial charge in [-0.05, 0) is 85.5 Å². The summed E-state index contributed by atoms with van der Waals surface area (Å²) in [5.41, 5.74) is 10.2. The second-order valence-corrected chi connectivity index (χ2v) is 16.4. The Morgan fingerprint density at radius 2 is 0.650 bits per heavy atom. The molecule has 6 heterocycles. The molecule has 0 N–H and O–H groups in total. The van der Waals surface area contributed by atoms with E-state index in [1.165, 1.54) is 0 Å². The largest absolute Gasteiger partial charge is 0.309 e. The number of rotatable bonds is 2. The first-order valence-electron chi connectivity index (χ1n) is 23.5. The molecule has 0 bridgehead atoms. The monoisotopic (exact) mass is 768 g/mol. The molecule has 15 rings (SSSR count). The molecule has 0 fully saturated rings. The summed E-state index contributed by atoms with van der Waals surface area (Å²) in [5, 5.41) is 10.4. The number of aryl methyl sites for hydroxylation is 2. The van der Waals surface area contributed by atoms with Crippen molar-refractivity contribution >= 4 is 120 Å². The van der Waals surface area contributed by atoms with Crippen LogP contribution < -0.4 is 0 Å². The zero-order valence-corrected chi connectivity index (χ0v) is 32.0.